The van der Waals surface area contributed by atoms with Crippen LogP contribution < -0.4 is 25.0 Å². The number of benzene rings is 3. The van der Waals surface area contributed by atoms with Gasteiger partial charge in [-0.25, -0.2) is 24.4 Å². The second-order valence-corrected chi connectivity index (χ2v) is 27.7. The van der Waals surface area contributed by atoms with Crippen LogP contribution in [0.1, 0.15) is 96.7 Å². The molecule has 13 rings (SSSR count). The summed E-state index contributed by atoms with van der Waals surface area (Å²) in [6.07, 6.45) is -1.32. The first-order valence-electron chi connectivity index (χ1n) is 32.7. The molecule has 28 nitrogen and oxygen atoms in total. The summed E-state index contributed by atoms with van der Waals surface area (Å²) in [4.78, 5) is 101. The minimum Gasteiger partial charge on any atom is -0.491 e. The van der Waals surface area contributed by atoms with E-state index in [1.165, 1.54) is 34.2 Å². The lowest BCUT2D eigenvalue weighted by Gasteiger charge is -2.65. The predicted molar refractivity (Wildman–Crippen MR) is 351 cm³/mol. The van der Waals surface area contributed by atoms with Crippen molar-refractivity contribution in [3.63, 3.8) is 0 Å². The van der Waals surface area contributed by atoms with Crippen molar-refractivity contribution < 1.29 is 92.6 Å². The molecule has 4 unspecified atom stereocenters. The molecule has 8 N–H and O–H groups in total. The van der Waals surface area contributed by atoms with Crippen molar-refractivity contribution in [1.29, 1.82) is 0 Å². The van der Waals surface area contributed by atoms with Gasteiger partial charge in [0, 0.05) is 99.4 Å². The van der Waals surface area contributed by atoms with Gasteiger partial charge >= 0.3 is 24.0 Å². The van der Waals surface area contributed by atoms with Gasteiger partial charge in [-0.1, -0.05) is 48.6 Å². The van der Waals surface area contributed by atoms with E-state index in [9.17, 15) is 64.2 Å². The van der Waals surface area contributed by atoms with E-state index < -0.39 is 91.1 Å². The van der Waals surface area contributed by atoms with Crippen LogP contribution in [0.5, 0.6) is 11.5 Å². The number of aliphatic hydroxyl groups is 3. The van der Waals surface area contributed by atoms with Crippen LogP contribution in [0, 0.1) is 23.7 Å². The van der Waals surface area contributed by atoms with Gasteiger partial charge in [-0.3, -0.25) is 28.8 Å². The number of amides is 4. The van der Waals surface area contributed by atoms with Gasteiger partial charge in [-0.05, 0) is 122 Å². The quantitative estimate of drug-likeness (QED) is 0.0198. The molecule has 3 aliphatic heterocycles. The van der Waals surface area contributed by atoms with Crippen molar-refractivity contribution in [1.82, 2.24) is 34.9 Å². The van der Waals surface area contributed by atoms with Crippen LogP contribution in [0.2, 0.25) is 0 Å². The number of nitrogens with zero attached hydrogens (tertiary/aromatic N) is 7. The molecule has 520 valence electrons. The average molecular weight is 1370 g/mol. The molecule has 1 saturated heterocycles. The van der Waals surface area contributed by atoms with Crippen molar-refractivity contribution >= 4 is 74.2 Å². The van der Waals surface area contributed by atoms with Crippen molar-refractivity contribution in [3.05, 3.63) is 125 Å². The number of ether oxygens (including phenoxy) is 6. The van der Waals surface area contributed by atoms with Crippen LogP contribution >= 0.6 is 11.3 Å². The summed E-state index contributed by atoms with van der Waals surface area (Å²) >= 11 is 1.61. The largest absolute Gasteiger partial charge is 0.491 e. The Morgan fingerprint density at radius 2 is 1.64 bits per heavy atom. The highest BCUT2D eigenvalue weighted by Gasteiger charge is 2.62. The van der Waals surface area contributed by atoms with Crippen LogP contribution in [0.3, 0.4) is 0 Å². The molecular weight excluding hydrogens is 1290 g/mol. The maximum absolute atomic E-state index is 14.1. The van der Waals surface area contributed by atoms with Crippen LogP contribution in [0.15, 0.2) is 91.1 Å². The summed E-state index contributed by atoms with van der Waals surface area (Å²) in [7, 11) is 0. The third kappa shape index (κ3) is 15.4. The van der Waals surface area contributed by atoms with E-state index in [0.29, 0.717) is 55.5 Å². The predicted octanol–water partition coefficient (Wildman–Crippen LogP) is 5.69. The third-order valence-electron chi connectivity index (χ3n) is 19.4. The molecule has 6 heterocycles. The van der Waals surface area contributed by atoms with Crippen molar-refractivity contribution in [2.24, 2.45) is 16.7 Å². The highest BCUT2D eigenvalue weighted by molar-refractivity contribution is 7.22. The van der Waals surface area contributed by atoms with E-state index >= 15 is 0 Å². The number of para-hydroxylation sites is 1. The number of carbonyl (C=O) groups excluding carboxylic acids is 4. The molecule has 5 fully saturated rings. The van der Waals surface area contributed by atoms with Gasteiger partial charge in [-0.15, -0.1) is 0 Å². The molecule has 0 radical (unpaired) electrons. The lowest BCUT2D eigenvalue weighted by molar-refractivity contribution is -0.271. The smallest absolute Gasteiger partial charge is 0.410 e. The number of aliphatic carboxylic acids is 2. The number of aliphatic hydroxyl groups excluding tert-OH is 3. The second kappa shape index (κ2) is 29.2. The number of hydrogen-bond donors (Lipinski definition) is 8. The van der Waals surface area contributed by atoms with Gasteiger partial charge < -0.3 is 79.5 Å². The second-order valence-electron chi connectivity index (χ2n) is 26.6. The zero-order chi connectivity index (χ0) is 69.0. The maximum atomic E-state index is 14.1. The van der Waals surface area contributed by atoms with Crippen LogP contribution in [-0.2, 0) is 75.6 Å². The van der Waals surface area contributed by atoms with E-state index in [4.69, 9.17) is 43.5 Å². The van der Waals surface area contributed by atoms with Gasteiger partial charge in [0.05, 0.1) is 48.3 Å². The molecule has 3 aromatic carbocycles. The number of carboxylic acids is 3. The van der Waals surface area contributed by atoms with Crippen LogP contribution in [0.25, 0.3) is 21.3 Å². The van der Waals surface area contributed by atoms with E-state index in [2.05, 4.69) is 46.7 Å². The summed E-state index contributed by atoms with van der Waals surface area (Å²) in [5, 5.41) is 74.0. The molecule has 3 aromatic heterocycles. The summed E-state index contributed by atoms with van der Waals surface area (Å²) < 4.78 is 38.6. The highest BCUT2D eigenvalue weighted by atomic mass is 32.1. The molecule has 9 atom stereocenters. The zero-order valence-corrected chi connectivity index (χ0v) is 55.0. The van der Waals surface area contributed by atoms with Gasteiger partial charge in [0.25, 0.3) is 11.8 Å². The molecule has 0 spiro atoms. The summed E-state index contributed by atoms with van der Waals surface area (Å²) in [6.45, 7) is 6.01. The Labute approximate surface area is 567 Å². The SMILES string of the molecule is Cc1c(-c2ccc(N3CCc4cccc(CNc5nc6ccccc6s5)c4C3)nc2C(=O)O)cnn1CC12CC3CC(C)(C1)CC(OCCN(CCC(=O)O)C(=O)OCc1ccc(OCCOCCNC(=O)CCN4C(=O)C=CC4=O)cc1O[C@@H]1O[C@H](C(=O)O)[C@@H](O)[C@H](O)[C@H]1O)(C3)C2. The number of carbonyl (C=O) groups is 7. The molecule has 4 amide bonds. The molecule has 7 aliphatic rings. The van der Waals surface area contributed by atoms with Crippen molar-refractivity contribution in [2.75, 3.05) is 69.4 Å². The number of carboxylic acid groups (broad SMARTS) is 3. The number of imide groups is 1. The van der Waals surface area contributed by atoms with Gasteiger partial charge in [0.2, 0.25) is 12.2 Å². The molecule has 4 bridgehead atoms. The molecule has 29 heteroatoms. The summed E-state index contributed by atoms with van der Waals surface area (Å²) in [6, 6.07) is 22.4. The van der Waals surface area contributed by atoms with E-state index in [1.54, 1.807) is 17.5 Å². The zero-order valence-electron chi connectivity index (χ0n) is 54.2. The standard InChI is InChI=1S/C69H79N9O19S/c1-40-47(46-12-13-52(74-57(46)62(87)88)76-20-16-42-6-5-7-43(48(42)34-76)32-71-65-73-49-8-3-4-9-51(49)98-65)33-72-78(40)39-68-30-41-29-67(2,36-68)37-69(31-41,38-68)95-25-23-75(21-18-56(82)83)66(91)94-35-44-10-11-45(28-50(44)96-64-60(86)58(84)59(85)61(97-64)63(89)90)93-27-26-92-24-19-70-53(79)17-22-77-54(80)14-15-55(77)81/h3-15,28,33,41,58-61,64,84-86H,16-27,29-32,34-39H2,1-2H3,(H,70,79)(H,71,73)(H,82,83)(H,87,88)(H,89,90)/t41?,58-,59-,60+,61-,64+,67?,68?,69?/m0/s1. The first-order valence-corrected chi connectivity index (χ1v) is 33.6. The summed E-state index contributed by atoms with van der Waals surface area (Å²) in [5.41, 5.74) is 5.66. The Bertz CT molecular complexity index is 4000. The Kier molecular flexibility index (Phi) is 20.5. The lowest BCUT2D eigenvalue weighted by atomic mass is 9.43. The van der Waals surface area contributed by atoms with Crippen molar-refractivity contribution in [3.8, 4) is 22.6 Å². The number of aromatic carboxylic acids is 1. The first-order chi connectivity index (χ1) is 47.0. The molecular formula is C69H79N9O19S. The number of hydrogen-bond acceptors (Lipinski definition) is 22. The van der Waals surface area contributed by atoms with Gasteiger partial charge in [0.15, 0.2) is 16.9 Å². The fourth-order valence-electron chi connectivity index (χ4n) is 15.5. The van der Waals surface area contributed by atoms with Gasteiger partial charge in [-0.2, -0.15) is 5.10 Å². The topological polar surface area (TPSA) is 374 Å². The maximum Gasteiger partial charge on any atom is 0.410 e. The number of thiazole rings is 1. The number of rotatable bonds is 30. The summed E-state index contributed by atoms with van der Waals surface area (Å²) in [5.74, 6) is -4.41. The minimum absolute atomic E-state index is 0.0323. The van der Waals surface area contributed by atoms with Gasteiger partial charge in [0.1, 0.15) is 48.8 Å². The fourth-order valence-corrected chi connectivity index (χ4v) is 16.4. The van der Waals surface area contributed by atoms with Crippen LogP contribution in [-0.4, -0.2) is 197 Å². The Hall–Kier alpha value is -9.10. The molecule has 4 saturated carbocycles. The van der Waals surface area contributed by atoms with E-state index in [-0.39, 0.29) is 92.6 Å². The minimum atomic E-state index is -2.01. The fraction of sp³-hybridized carbons (Fsp3) is 0.478. The number of pyridine rings is 1. The molecule has 6 aromatic rings. The highest BCUT2D eigenvalue weighted by Crippen LogP contribution is 2.68. The Morgan fingerprint density at radius 3 is 2.42 bits per heavy atom. The Balaban J connectivity index is 0.677. The number of aromatic nitrogens is 4. The molecule has 4 aliphatic carbocycles. The third-order valence-corrected chi connectivity index (χ3v) is 20.4. The number of fused-ring (bicyclic) bond motifs is 2. The Morgan fingerprint density at radius 1 is 0.827 bits per heavy atom. The normalized spacial score (nSPS) is 24.6. The van der Waals surface area contributed by atoms with E-state index in [0.717, 1.165) is 82.2 Å². The first kappa shape index (κ1) is 68.8. The lowest BCUT2D eigenvalue weighted by Crippen LogP contribution is -2.61. The average Bonchev–Trinajstić information content (AvgIpc) is 0.987. The van der Waals surface area contributed by atoms with Crippen molar-refractivity contribution in [2.45, 2.75) is 134 Å². The molecule has 98 heavy (non-hydrogen) atoms. The monoisotopic (exact) mass is 1370 g/mol. The number of nitrogens with one attached hydrogen (secondary N) is 2. The number of anilines is 2. The van der Waals surface area contributed by atoms with E-state index in [1.807, 2.05) is 41.9 Å². The van der Waals surface area contributed by atoms with Crippen LogP contribution in [0.4, 0.5) is 15.7 Å².